The Bertz CT molecular complexity index is 705. The van der Waals surface area contributed by atoms with Gasteiger partial charge < -0.3 is 25.6 Å². The van der Waals surface area contributed by atoms with Crippen molar-refractivity contribution in [2.45, 2.75) is 18.8 Å². The van der Waals surface area contributed by atoms with Gasteiger partial charge in [-0.15, -0.1) is 0 Å². The first-order valence-corrected chi connectivity index (χ1v) is 7.35. The second kappa shape index (κ2) is 6.18. The number of fused-ring (bicyclic) bond motifs is 1. The van der Waals surface area contributed by atoms with E-state index in [1.54, 1.807) is 19.1 Å². The first-order chi connectivity index (χ1) is 11.1. The van der Waals surface area contributed by atoms with Gasteiger partial charge in [0.1, 0.15) is 12.7 Å². The fraction of sp³-hybridized carbons (Fsp3) is 0.235. The van der Waals surface area contributed by atoms with Crippen molar-refractivity contribution in [2.24, 2.45) is 10.7 Å². The third-order valence-corrected chi connectivity index (χ3v) is 3.60. The molecule has 2 unspecified atom stereocenters. The molecule has 0 radical (unpaired) electrons. The van der Waals surface area contributed by atoms with Crippen LogP contribution >= 0.6 is 0 Å². The number of benzene rings is 2. The van der Waals surface area contributed by atoms with E-state index in [1.165, 1.54) is 0 Å². The standard InChI is InChI=1S/C17H19N3O3/c1-12-17(21,11-22-14-9-5-6-10-15(14)23-12)20-16(18)19-13-7-3-2-4-8-13/h2-10,12,21H,11H2,1H3,(H3,18,19,20). The molecule has 0 spiro atoms. The topological polar surface area (TPSA) is 89.1 Å². The van der Waals surface area contributed by atoms with Gasteiger partial charge in [0.2, 0.25) is 5.72 Å². The van der Waals surface area contributed by atoms with Gasteiger partial charge in [-0.2, -0.15) is 0 Å². The molecule has 0 aliphatic carbocycles. The zero-order chi connectivity index (χ0) is 16.3. The lowest BCUT2D eigenvalue weighted by Gasteiger charge is -2.27. The van der Waals surface area contributed by atoms with Gasteiger partial charge in [0.15, 0.2) is 17.5 Å². The summed E-state index contributed by atoms with van der Waals surface area (Å²) in [5, 5.41) is 13.7. The van der Waals surface area contributed by atoms with E-state index in [0.717, 1.165) is 5.69 Å². The summed E-state index contributed by atoms with van der Waals surface area (Å²) in [7, 11) is 0. The number of anilines is 1. The predicted octanol–water partition coefficient (Wildman–Crippen LogP) is 1.96. The first kappa shape index (κ1) is 15.2. The largest absolute Gasteiger partial charge is 0.484 e. The number of para-hydroxylation sites is 3. The zero-order valence-corrected chi connectivity index (χ0v) is 12.8. The lowest BCUT2D eigenvalue weighted by Crippen LogP contribution is -2.48. The molecule has 1 aliphatic rings. The van der Waals surface area contributed by atoms with Gasteiger partial charge in [-0.25, -0.2) is 4.99 Å². The lowest BCUT2D eigenvalue weighted by molar-refractivity contribution is -0.0622. The molecule has 0 saturated heterocycles. The van der Waals surface area contributed by atoms with Crippen LogP contribution in [0.25, 0.3) is 0 Å². The lowest BCUT2D eigenvalue weighted by atomic mass is 10.1. The Morgan fingerprint density at radius 1 is 1.17 bits per heavy atom. The molecule has 4 N–H and O–H groups in total. The SMILES string of the molecule is CC1Oc2ccccc2OCC1(O)N=C(N)Nc1ccccc1. The molecule has 23 heavy (non-hydrogen) atoms. The fourth-order valence-electron chi connectivity index (χ4n) is 2.28. The Morgan fingerprint density at radius 2 is 1.83 bits per heavy atom. The van der Waals surface area contributed by atoms with Crippen LogP contribution in [0.4, 0.5) is 5.69 Å². The van der Waals surface area contributed by atoms with Crippen LogP contribution in [0, 0.1) is 0 Å². The molecule has 0 bridgehead atoms. The number of ether oxygens (including phenoxy) is 2. The van der Waals surface area contributed by atoms with Crippen molar-refractivity contribution in [1.29, 1.82) is 0 Å². The van der Waals surface area contributed by atoms with Crippen molar-refractivity contribution >= 4 is 11.6 Å². The molecular weight excluding hydrogens is 294 g/mol. The quantitative estimate of drug-likeness (QED) is 0.582. The number of nitrogens with one attached hydrogen (secondary N) is 1. The molecule has 6 heteroatoms. The molecule has 0 aromatic heterocycles. The number of aliphatic imine (C=N–C) groups is 1. The smallest absolute Gasteiger partial charge is 0.231 e. The maximum atomic E-state index is 10.8. The highest BCUT2D eigenvalue weighted by atomic mass is 16.6. The molecule has 6 nitrogen and oxygen atoms in total. The second-order valence-electron chi connectivity index (χ2n) is 5.36. The summed E-state index contributed by atoms with van der Waals surface area (Å²) in [6.45, 7) is 1.67. The van der Waals surface area contributed by atoms with Gasteiger partial charge in [0.05, 0.1) is 0 Å². The van der Waals surface area contributed by atoms with E-state index in [1.807, 2.05) is 42.5 Å². The Kier molecular flexibility index (Phi) is 4.08. The van der Waals surface area contributed by atoms with Crippen LogP contribution in [0.15, 0.2) is 59.6 Å². The maximum Gasteiger partial charge on any atom is 0.231 e. The highest BCUT2D eigenvalue weighted by molar-refractivity contribution is 5.92. The van der Waals surface area contributed by atoms with Crippen molar-refractivity contribution in [3.05, 3.63) is 54.6 Å². The summed E-state index contributed by atoms with van der Waals surface area (Å²) in [5.41, 5.74) is 5.10. The molecule has 0 fully saturated rings. The van der Waals surface area contributed by atoms with E-state index in [9.17, 15) is 5.11 Å². The highest BCUT2D eigenvalue weighted by Crippen LogP contribution is 2.33. The van der Waals surface area contributed by atoms with Crippen molar-refractivity contribution in [2.75, 3.05) is 11.9 Å². The van der Waals surface area contributed by atoms with Crippen molar-refractivity contribution in [3.63, 3.8) is 0 Å². The first-order valence-electron chi connectivity index (χ1n) is 7.35. The van der Waals surface area contributed by atoms with Gasteiger partial charge in [0, 0.05) is 5.69 Å². The van der Waals surface area contributed by atoms with Gasteiger partial charge in [0.25, 0.3) is 0 Å². The molecule has 120 valence electrons. The predicted molar refractivity (Wildman–Crippen MR) is 88.7 cm³/mol. The molecule has 2 atom stereocenters. The Labute approximate surface area is 134 Å². The number of aliphatic hydroxyl groups is 1. The summed E-state index contributed by atoms with van der Waals surface area (Å²) in [4.78, 5) is 4.18. The van der Waals surface area contributed by atoms with E-state index in [-0.39, 0.29) is 12.6 Å². The summed E-state index contributed by atoms with van der Waals surface area (Å²) in [6.07, 6.45) is -0.623. The minimum atomic E-state index is -1.59. The number of hydrogen-bond donors (Lipinski definition) is 3. The van der Waals surface area contributed by atoms with Crippen LogP contribution in [0.3, 0.4) is 0 Å². The number of rotatable bonds is 2. The number of nitrogens with zero attached hydrogens (tertiary/aromatic N) is 1. The normalized spacial score (nSPS) is 23.9. The highest BCUT2D eigenvalue weighted by Gasteiger charge is 2.39. The molecular formula is C17H19N3O3. The molecule has 0 amide bonds. The molecule has 2 aromatic rings. The molecule has 2 aromatic carbocycles. The van der Waals surface area contributed by atoms with Crippen LogP contribution in [0.1, 0.15) is 6.92 Å². The second-order valence-corrected chi connectivity index (χ2v) is 5.36. The summed E-state index contributed by atoms with van der Waals surface area (Å²) >= 11 is 0. The summed E-state index contributed by atoms with van der Waals surface area (Å²) in [5.74, 6) is 1.23. The zero-order valence-electron chi connectivity index (χ0n) is 12.8. The van der Waals surface area contributed by atoms with Crippen LogP contribution in [-0.2, 0) is 0 Å². The molecule has 3 rings (SSSR count). The Morgan fingerprint density at radius 3 is 2.57 bits per heavy atom. The van der Waals surface area contributed by atoms with Crippen molar-refractivity contribution in [1.82, 2.24) is 0 Å². The van der Waals surface area contributed by atoms with Gasteiger partial charge in [-0.3, -0.25) is 0 Å². The summed E-state index contributed by atoms with van der Waals surface area (Å²) < 4.78 is 11.4. The Hall–Kier alpha value is -2.73. The fourth-order valence-corrected chi connectivity index (χ4v) is 2.28. The Balaban J connectivity index is 1.80. The van der Waals surface area contributed by atoms with E-state index in [2.05, 4.69) is 10.3 Å². The maximum absolute atomic E-state index is 10.8. The van der Waals surface area contributed by atoms with Crippen molar-refractivity contribution in [3.8, 4) is 11.5 Å². The average molecular weight is 313 g/mol. The van der Waals surface area contributed by atoms with Gasteiger partial charge in [-0.1, -0.05) is 30.3 Å². The number of hydrogen-bond acceptors (Lipinski definition) is 4. The minimum absolute atomic E-state index is 0.0532. The number of guanidine groups is 1. The third-order valence-electron chi connectivity index (χ3n) is 3.60. The van der Waals surface area contributed by atoms with Gasteiger partial charge in [-0.05, 0) is 31.2 Å². The van der Waals surface area contributed by atoms with Crippen LogP contribution in [0.2, 0.25) is 0 Å². The number of nitrogens with two attached hydrogens (primary N) is 1. The minimum Gasteiger partial charge on any atom is -0.484 e. The third kappa shape index (κ3) is 3.37. The van der Waals surface area contributed by atoms with Crippen molar-refractivity contribution < 1.29 is 14.6 Å². The van der Waals surface area contributed by atoms with Crippen LogP contribution < -0.4 is 20.5 Å². The van der Waals surface area contributed by atoms with E-state index < -0.39 is 11.8 Å². The van der Waals surface area contributed by atoms with Crippen LogP contribution in [0.5, 0.6) is 11.5 Å². The van der Waals surface area contributed by atoms with E-state index in [4.69, 9.17) is 15.2 Å². The van der Waals surface area contributed by atoms with Crippen LogP contribution in [-0.4, -0.2) is 29.5 Å². The molecule has 0 saturated carbocycles. The summed E-state index contributed by atoms with van der Waals surface area (Å²) in [6, 6.07) is 16.6. The molecule has 1 heterocycles. The van der Waals surface area contributed by atoms with Gasteiger partial charge >= 0.3 is 0 Å². The average Bonchev–Trinajstić information content (AvgIpc) is 2.66. The molecule has 1 aliphatic heterocycles. The van der Waals surface area contributed by atoms with E-state index in [0.29, 0.717) is 11.5 Å². The van der Waals surface area contributed by atoms with E-state index >= 15 is 0 Å². The monoisotopic (exact) mass is 313 g/mol.